The van der Waals surface area contributed by atoms with Crippen LogP contribution in [0.1, 0.15) is 0 Å². The quantitative estimate of drug-likeness (QED) is 0.516. The van der Waals surface area contributed by atoms with Gasteiger partial charge in [0.25, 0.3) is 0 Å². The molecule has 1 aromatic rings. The van der Waals surface area contributed by atoms with E-state index in [-0.39, 0.29) is 12.4 Å². The number of halogens is 1. The fourth-order valence-electron chi connectivity index (χ4n) is 0.664. The van der Waals surface area contributed by atoms with Crippen molar-refractivity contribution < 1.29 is 4.74 Å². The number of hydrogen-bond acceptors (Lipinski definition) is 4. The third-order valence-corrected chi connectivity index (χ3v) is 1.13. The van der Waals surface area contributed by atoms with Crippen LogP contribution in [0.5, 0.6) is 5.75 Å². The van der Waals surface area contributed by atoms with E-state index in [1.807, 2.05) is 0 Å². The van der Waals surface area contributed by atoms with Crippen molar-refractivity contribution in [2.45, 2.75) is 0 Å². The van der Waals surface area contributed by atoms with Crippen LogP contribution < -0.4 is 16.0 Å². The van der Waals surface area contributed by atoms with E-state index in [9.17, 15) is 0 Å². The Balaban J connectivity index is 0.000001000. The summed E-state index contributed by atoms with van der Waals surface area (Å²) in [7, 11) is 1.57. The number of nitrogens with one attached hydrogen (secondary N) is 1. The normalized spacial score (nSPS) is 8.18. The summed E-state index contributed by atoms with van der Waals surface area (Å²) in [6, 6.07) is 3.56. The van der Waals surface area contributed by atoms with Gasteiger partial charge in [0.15, 0.2) is 11.6 Å². The van der Waals surface area contributed by atoms with Gasteiger partial charge in [0, 0.05) is 6.20 Å². The second kappa shape index (κ2) is 4.76. The first kappa shape index (κ1) is 10.0. The Hall–Kier alpha value is -1.00. The van der Waals surface area contributed by atoms with Crippen LogP contribution in [0.3, 0.4) is 0 Å². The molecule has 62 valence electrons. The van der Waals surface area contributed by atoms with Crippen LogP contribution in [-0.2, 0) is 0 Å². The Morgan fingerprint density at radius 3 is 2.82 bits per heavy atom. The van der Waals surface area contributed by atoms with Crippen LogP contribution in [0.2, 0.25) is 0 Å². The molecule has 1 heterocycles. The highest BCUT2D eigenvalue weighted by Crippen LogP contribution is 2.17. The molecule has 0 aromatic carbocycles. The predicted molar refractivity (Wildman–Crippen MR) is 45.8 cm³/mol. The van der Waals surface area contributed by atoms with E-state index < -0.39 is 0 Å². The number of hydrogen-bond donors (Lipinski definition) is 2. The van der Waals surface area contributed by atoms with E-state index in [1.54, 1.807) is 25.4 Å². The highest BCUT2D eigenvalue weighted by Gasteiger charge is 1.97. The third kappa shape index (κ3) is 2.25. The van der Waals surface area contributed by atoms with Crippen molar-refractivity contribution in [2.75, 3.05) is 12.5 Å². The molecule has 0 amide bonds. The smallest absolute Gasteiger partial charge is 0.182 e. The van der Waals surface area contributed by atoms with Crippen molar-refractivity contribution >= 4 is 18.2 Å². The van der Waals surface area contributed by atoms with Gasteiger partial charge in [-0.05, 0) is 12.1 Å². The number of pyridine rings is 1. The molecule has 0 fully saturated rings. The summed E-state index contributed by atoms with van der Waals surface area (Å²) in [4.78, 5) is 3.91. The van der Waals surface area contributed by atoms with Crippen molar-refractivity contribution in [3.05, 3.63) is 18.3 Å². The maximum atomic E-state index is 5.13. The van der Waals surface area contributed by atoms with Gasteiger partial charge in [-0.15, -0.1) is 12.4 Å². The van der Waals surface area contributed by atoms with Gasteiger partial charge in [0.1, 0.15) is 0 Å². The summed E-state index contributed by atoms with van der Waals surface area (Å²) < 4.78 is 4.93. The number of anilines is 1. The first-order valence-electron chi connectivity index (χ1n) is 2.84. The van der Waals surface area contributed by atoms with Crippen molar-refractivity contribution in [2.24, 2.45) is 5.84 Å². The highest BCUT2D eigenvalue weighted by atomic mass is 35.5. The molecule has 1 aromatic heterocycles. The third-order valence-electron chi connectivity index (χ3n) is 1.13. The molecule has 0 aliphatic carbocycles. The Bertz CT molecular complexity index is 196. The molecule has 0 bridgehead atoms. The van der Waals surface area contributed by atoms with Crippen molar-refractivity contribution in [1.29, 1.82) is 0 Å². The summed E-state index contributed by atoms with van der Waals surface area (Å²) in [6.45, 7) is 0. The zero-order chi connectivity index (χ0) is 7.40. The lowest BCUT2D eigenvalue weighted by Crippen LogP contribution is -2.09. The van der Waals surface area contributed by atoms with Crippen LogP contribution in [0, 0.1) is 0 Å². The monoisotopic (exact) mass is 175 g/mol. The average molecular weight is 176 g/mol. The molecule has 11 heavy (non-hydrogen) atoms. The van der Waals surface area contributed by atoms with E-state index in [4.69, 9.17) is 10.6 Å². The number of nitrogens with zero attached hydrogens (tertiary/aromatic N) is 1. The van der Waals surface area contributed by atoms with Gasteiger partial charge in [-0.2, -0.15) is 0 Å². The highest BCUT2D eigenvalue weighted by molar-refractivity contribution is 5.85. The van der Waals surface area contributed by atoms with Crippen LogP contribution >= 0.6 is 12.4 Å². The zero-order valence-corrected chi connectivity index (χ0v) is 6.89. The Labute approximate surface area is 71.1 Å². The molecule has 0 unspecified atom stereocenters. The molecule has 3 N–H and O–H groups in total. The molecular formula is C6H10ClN3O. The number of methoxy groups -OCH3 is 1. The maximum Gasteiger partial charge on any atom is 0.182 e. The summed E-state index contributed by atoms with van der Waals surface area (Å²) >= 11 is 0. The molecular weight excluding hydrogens is 166 g/mol. The lowest BCUT2D eigenvalue weighted by atomic mass is 10.4. The summed E-state index contributed by atoms with van der Waals surface area (Å²) in [5.41, 5.74) is 2.41. The maximum absolute atomic E-state index is 5.13. The molecule has 0 aliphatic heterocycles. The lowest BCUT2D eigenvalue weighted by Gasteiger charge is -2.03. The van der Waals surface area contributed by atoms with Gasteiger partial charge in [-0.1, -0.05) is 0 Å². The molecule has 4 nitrogen and oxygen atoms in total. The van der Waals surface area contributed by atoms with Gasteiger partial charge < -0.3 is 10.2 Å². The van der Waals surface area contributed by atoms with Crippen molar-refractivity contribution in [1.82, 2.24) is 4.98 Å². The van der Waals surface area contributed by atoms with Gasteiger partial charge in [-0.3, -0.25) is 0 Å². The minimum Gasteiger partial charge on any atom is -0.493 e. The molecule has 0 spiro atoms. The predicted octanol–water partition coefficient (Wildman–Crippen LogP) is 0.798. The van der Waals surface area contributed by atoms with Gasteiger partial charge >= 0.3 is 0 Å². The Kier molecular flexibility index (Phi) is 4.33. The number of ether oxygens (including phenoxy) is 1. The topological polar surface area (TPSA) is 60.2 Å². The molecule has 5 heteroatoms. The summed E-state index contributed by atoms with van der Waals surface area (Å²) in [5.74, 6) is 6.32. The number of rotatable bonds is 2. The first-order valence-corrected chi connectivity index (χ1v) is 2.84. The SMILES string of the molecule is COc1cccnc1NN.Cl. The molecule has 0 aliphatic rings. The van der Waals surface area contributed by atoms with Crippen LogP contribution in [-0.4, -0.2) is 12.1 Å². The zero-order valence-electron chi connectivity index (χ0n) is 6.07. The lowest BCUT2D eigenvalue weighted by molar-refractivity contribution is 0.415. The number of aromatic nitrogens is 1. The van der Waals surface area contributed by atoms with Crippen LogP contribution in [0.4, 0.5) is 5.82 Å². The van der Waals surface area contributed by atoms with Crippen LogP contribution in [0.15, 0.2) is 18.3 Å². The summed E-state index contributed by atoms with van der Waals surface area (Å²) in [6.07, 6.45) is 1.64. The minimum atomic E-state index is 0. The van der Waals surface area contributed by atoms with E-state index in [0.717, 1.165) is 0 Å². The van der Waals surface area contributed by atoms with Gasteiger partial charge in [-0.25, -0.2) is 10.8 Å². The number of nitrogens with two attached hydrogens (primary N) is 1. The molecule has 0 atom stereocenters. The minimum absolute atomic E-state index is 0. The second-order valence-corrected chi connectivity index (χ2v) is 1.70. The largest absolute Gasteiger partial charge is 0.493 e. The van der Waals surface area contributed by atoms with E-state index in [0.29, 0.717) is 11.6 Å². The fraction of sp³-hybridized carbons (Fsp3) is 0.167. The standard InChI is InChI=1S/C6H9N3O.ClH/c1-10-5-3-2-4-8-6(5)9-7;/h2-4H,7H2,1H3,(H,8,9);1H. The molecule has 0 saturated heterocycles. The Morgan fingerprint density at radius 1 is 1.64 bits per heavy atom. The van der Waals surface area contributed by atoms with Crippen LogP contribution in [0.25, 0.3) is 0 Å². The summed E-state index contributed by atoms with van der Waals surface area (Å²) in [5, 5.41) is 0. The van der Waals surface area contributed by atoms with E-state index in [1.165, 1.54) is 0 Å². The van der Waals surface area contributed by atoms with E-state index >= 15 is 0 Å². The van der Waals surface area contributed by atoms with Gasteiger partial charge in [0.05, 0.1) is 7.11 Å². The number of nitrogen functional groups attached to an aromatic ring is 1. The number of hydrazine groups is 1. The van der Waals surface area contributed by atoms with Gasteiger partial charge in [0.2, 0.25) is 0 Å². The second-order valence-electron chi connectivity index (χ2n) is 1.70. The van der Waals surface area contributed by atoms with Crippen molar-refractivity contribution in [3.8, 4) is 5.75 Å². The van der Waals surface area contributed by atoms with Crippen molar-refractivity contribution in [3.63, 3.8) is 0 Å². The molecule has 0 saturated carbocycles. The average Bonchev–Trinajstić information content (AvgIpc) is 2.04. The Morgan fingerprint density at radius 2 is 2.36 bits per heavy atom. The first-order chi connectivity index (χ1) is 4.88. The fourth-order valence-corrected chi connectivity index (χ4v) is 0.664. The van der Waals surface area contributed by atoms with E-state index in [2.05, 4.69) is 10.4 Å². The molecule has 0 radical (unpaired) electrons. The molecule has 1 rings (SSSR count).